The van der Waals surface area contributed by atoms with Crippen LogP contribution in [0.25, 0.3) is 0 Å². The van der Waals surface area contributed by atoms with E-state index in [0.717, 1.165) is 49.4 Å². The summed E-state index contributed by atoms with van der Waals surface area (Å²) in [5.41, 5.74) is 1.36. The Morgan fingerprint density at radius 1 is 1.41 bits per heavy atom. The van der Waals surface area contributed by atoms with Gasteiger partial charge in [-0.25, -0.2) is 4.68 Å². The van der Waals surface area contributed by atoms with Gasteiger partial charge in [0.2, 0.25) is 5.91 Å². The van der Waals surface area contributed by atoms with Crippen molar-refractivity contribution in [2.24, 2.45) is 0 Å². The zero-order valence-electron chi connectivity index (χ0n) is 10.3. The predicted octanol–water partition coefficient (Wildman–Crippen LogP) is 1.89. The third kappa shape index (κ3) is 1.38. The quantitative estimate of drug-likeness (QED) is 0.780. The second-order valence-electron chi connectivity index (χ2n) is 4.99. The molecule has 1 amide bonds. The van der Waals surface area contributed by atoms with E-state index in [2.05, 4.69) is 22.7 Å². The van der Waals surface area contributed by atoms with Crippen molar-refractivity contribution in [1.29, 1.82) is 0 Å². The lowest BCUT2D eigenvalue weighted by atomic mass is 9.94. The van der Waals surface area contributed by atoms with Crippen LogP contribution in [0.3, 0.4) is 0 Å². The maximum Gasteiger partial charge on any atom is 0.250 e. The number of aromatic nitrogens is 2. The first-order chi connectivity index (χ1) is 8.16. The van der Waals surface area contributed by atoms with Gasteiger partial charge in [-0.2, -0.15) is 5.10 Å². The normalized spacial score (nSPS) is 21.2. The third-order valence-corrected chi connectivity index (χ3v) is 3.91. The lowest BCUT2D eigenvalue weighted by Gasteiger charge is -2.34. The first-order valence-electron chi connectivity index (χ1n) is 6.33. The van der Waals surface area contributed by atoms with Crippen LogP contribution < -0.4 is 10.6 Å². The third-order valence-electron chi connectivity index (χ3n) is 3.91. The Balaban J connectivity index is 2.06. The summed E-state index contributed by atoms with van der Waals surface area (Å²) in [6, 6.07) is 0. The Labute approximate surface area is 101 Å². The number of carbonyl (C=O) groups excluding carboxylic acids is 1. The van der Waals surface area contributed by atoms with Crippen LogP contribution in [0.1, 0.15) is 38.3 Å². The highest BCUT2D eigenvalue weighted by Crippen LogP contribution is 2.41. The van der Waals surface area contributed by atoms with Crippen LogP contribution in [-0.2, 0) is 11.3 Å². The summed E-state index contributed by atoms with van der Waals surface area (Å²) in [7, 11) is 0. The van der Waals surface area contributed by atoms with Crippen LogP contribution in [-0.4, -0.2) is 21.2 Å². The molecule has 5 heteroatoms. The van der Waals surface area contributed by atoms with E-state index >= 15 is 0 Å². The molecule has 0 aromatic carbocycles. The molecule has 3 rings (SSSR count). The highest BCUT2D eigenvalue weighted by Gasteiger charge is 2.45. The predicted molar refractivity (Wildman–Crippen MR) is 66.1 cm³/mol. The van der Waals surface area contributed by atoms with E-state index in [9.17, 15) is 4.79 Å². The zero-order chi connectivity index (χ0) is 12.0. The number of nitrogens with one attached hydrogen (secondary N) is 2. The molecule has 1 aromatic rings. The van der Waals surface area contributed by atoms with Crippen LogP contribution in [0.15, 0.2) is 0 Å². The summed E-state index contributed by atoms with van der Waals surface area (Å²) in [4.78, 5) is 12.2. The van der Waals surface area contributed by atoms with E-state index in [4.69, 9.17) is 0 Å². The van der Waals surface area contributed by atoms with Crippen LogP contribution >= 0.6 is 0 Å². The van der Waals surface area contributed by atoms with Gasteiger partial charge in [-0.15, -0.1) is 0 Å². The molecule has 0 saturated heterocycles. The van der Waals surface area contributed by atoms with E-state index in [1.54, 1.807) is 0 Å². The molecule has 1 aliphatic heterocycles. The summed E-state index contributed by atoms with van der Waals surface area (Å²) >= 11 is 0. The lowest BCUT2D eigenvalue weighted by molar-refractivity contribution is -0.120. The fourth-order valence-electron chi connectivity index (χ4n) is 2.93. The maximum absolute atomic E-state index is 12.2. The highest BCUT2D eigenvalue weighted by molar-refractivity contribution is 6.06. The van der Waals surface area contributed by atoms with Gasteiger partial charge in [0.15, 0.2) is 0 Å². The van der Waals surface area contributed by atoms with Crippen molar-refractivity contribution in [2.45, 2.75) is 51.6 Å². The van der Waals surface area contributed by atoms with Crippen molar-refractivity contribution < 1.29 is 4.79 Å². The summed E-state index contributed by atoms with van der Waals surface area (Å²) < 4.78 is 1.93. The molecule has 2 heterocycles. The largest absolute Gasteiger partial charge is 0.354 e. The second-order valence-corrected chi connectivity index (χ2v) is 4.99. The van der Waals surface area contributed by atoms with E-state index in [1.807, 2.05) is 11.6 Å². The first-order valence-corrected chi connectivity index (χ1v) is 6.33. The Morgan fingerprint density at radius 3 is 2.76 bits per heavy atom. The van der Waals surface area contributed by atoms with Gasteiger partial charge in [0.1, 0.15) is 17.0 Å². The monoisotopic (exact) mass is 234 g/mol. The van der Waals surface area contributed by atoms with Crippen LogP contribution in [0, 0.1) is 6.92 Å². The second kappa shape index (κ2) is 3.48. The summed E-state index contributed by atoms with van der Waals surface area (Å²) in [5.74, 6) is 1.09. The molecule has 1 fully saturated rings. The van der Waals surface area contributed by atoms with Crippen molar-refractivity contribution in [2.75, 3.05) is 10.6 Å². The number of anilines is 2. The highest BCUT2D eigenvalue weighted by atomic mass is 16.2. The molecular weight excluding hydrogens is 216 g/mol. The molecule has 1 aromatic heterocycles. The maximum atomic E-state index is 12.2. The number of rotatable bonds is 1. The number of hydrogen-bond donors (Lipinski definition) is 2. The van der Waals surface area contributed by atoms with Gasteiger partial charge in [0.05, 0.1) is 5.69 Å². The molecule has 1 aliphatic carbocycles. The Morgan fingerprint density at radius 2 is 2.12 bits per heavy atom. The molecule has 1 saturated carbocycles. The van der Waals surface area contributed by atoms with E-state index in [0.29, 0.717) is 0 Å². The minimum atomic E-state index is -0.383. The van der Waals surface area contributed by atoms with Gasteiger partial charge in [0.25, 0.3) is 0 Å². The van der Waals surface area contributed by atoms with Gasteiger partial charge < -0.3 is 10.6 Å². The molecule has 92 valence electrons. The average molecular weight is 234 g/mol. The fourth-order valence-corrected chi connectivity index (χ4v) is 2.93. The Kier molecular flexibility index (Phi) is 2.18. The molecule has 17 heavy (non-hydrogen) atoms. The van der Waals surface area contributed by atoms with Crippen molar-refractivity contribution in [3.8, 4) is 0 Å². The topological polar surface area (TPSA) is 59.0 Å². The van der Waals surface area contributed by atoms with Gasteiger partial charge in [-0.1, -0.05) is 12.8 Å². The minimum Gasteiger partial charge on any atom is -0.354 e. The summed E-state index contributed by atoms with van der Waals surface area (Å²) in [6.45, 7) is 4.81. The molecule has 0 unspecified atom stereocenters. The fraction of sp³-hybridized carbons (Fsp3) is 0.667. The number of nitrogens with zero attached hydrogens (tertiary/aromatic N) is 2. The van der Waals surface area contributed by atoms with Gasteiger partial charge in [0, 0.05) is 6.54 Å². The molecule has 2 aliphatic rings. The lowest BCUT2D eigenvalue weighted by Crippen LogP contribution is -2.50. The molecule has 2 N–H and O–H groups in total. The van der Waals surface area contributed by atoms with Gasteiger partial charge in [-0.3, -0.25) is 4.79 Å². The summed E-state index contributed by atoms with van der Waals surface area (Å²) in [6.07, 6.45) is 4.09. The average Bonchev–Trinajstić information content (AvgIpc) is 2.89. The standard InChI is InChI=1S/C12H18N4O/c1-3-16-10-9(8(2)15-16)13-11(17)12(14-10)6-4-5-7-12/h14H,3-7H2,1-2H3,(H,13,17). The zero-order valence-corrected chi connectivity index (χ0v) is 10.3. The number of carbonyl (C=O) groups is 1. The van der Waals surface area contributed by atoms with Crippen LogP contribution in [0.2, 0.25) is 0 Å². The van der Waals surface area contributed by atoms with Crippen molar-refractivity contribution in [1.82, 2.24) is 9.78 Å². The van der Waals surface area contributed by atoms with E-state index < -0.39 is 0 Å². The smallest absolute Gasteiger partial charge is 0.250 e. The number of amides is 1. The van der Waals surface area contributed by atoms with Crippen LogP contribution in [0.4, 0.5) is 11.5 Å². The van der Waals surface area contributed by atoms with E-state index in [1.165, 1.54) is 0 Å². The van der Waals surface area contributed by atoms with Crippen molar-refractivity contribution in [3.63, 3.8) is 0 Å². The molecule has 1 spiro atoms. The number of hydrogen-bond acceptors (Lipinski definition) is 3. The molecular formula is C12H18N4O. The van der Waals surface area contributed by atoms with Gasteiger partial charge in [-0.05, 0) is 26.7 Å². The summed E-state index contributed by atoms with van der Waals surface area (Å²) in [5, 5.41) is 10.9. The van der Waals surface area contributed by atoms with E-state index in [-0.39, 0.29) is 11.4 Å². The molecule has 5 nitrogen and oxygen atoms in total. The molecule has 0 radical (unpaired) electrons. The Bertz CT molecular complexity index is 471. The van der Waals surface area contributed by atoms with Crippen molar-refractivity contribution in [3.05, 3.63) is 5.69 Å². The first kappa shape index (κ1) is 10.6. The number of aryl methyl sites for hydroxylation is 2. The molecule has 0 atom stereocenters. The SMILES string of the molecule is CCn1nc(C)c2c1NC1(CCCC1)C(=O)N2. The van der Waals surface area contributed by atoms with Crippen molar-refractivity contribution >= 4 is 17.4 Å². The Hall–Kier alpha value is -1.52. The minimum absolute atomic E-state index is 0.112. The van der Waals surface area contributed by atoms with Crippen LogP contribution in [0.5, 0.6) is 0 Å². The number of fused-ring (bicyclic) bond motifs is 1. The van der Waals surface area contributed by atoms with Gasteiger partial charge >= 0.3 is 0 Å². The molecule has 0 bridgehead atoms.